The maximum Gasteiger partial charge on any atom is 0.306 e. The minimum Gasteiger partial charge on any atom is -0.457 e. The van der Waals surface area contributed by atoms with Crippen molar-refractivity contribution in [3.8, 4) is 0 Å². The standard InChI is InChI=1S/C70H87N3O11.C28H53NO11/c1-2-3-4-5-6-7-8-9-10-11-12-13-32-45-60(74)83-65-62(75)66(68(80-50-57-41-28-18-29-42-57)69(81-51-58-43-30-19-31-44-58)67(65)79-49-56-39-26-17-27-40-56)84-70-61(72-73-71)64(78-48-55-37-24-16-25-38-55)63(77-47-54-35-22-15-23-36-54)59(82-70)52-76-46-53-33-20-14-21-34-53;1-2-3-4-5-6-7-8-9-10-11-12-13-14-15-18(31)39-26-23(35)22(34)24(36)27(25(26)37)40-28-19(29)21(33)20(32)17(16-30)38-28/h14-31,33-44,59,61-70,75H,2-13,32,45-52H2,1H3;17,19-28,30,32-37H,2-16,29H2,1H3/t59?,61?,62?,63-,64-,65+,66-,67?,68-,69?,70-;17?,19?,20-,21-,22?,23?,24+,25?,26-,27+,28-/m11/s1. The van der Waals surface area contributed by atoms with E-state index in [0.717, 1.165) is 71.9 Å². The fourth-order valence-corrected chi connectivity index (χ4v) is 16.4. The van der Waals surface area contributed by atoms with Gasteiger partial charge in [-0.3, -0.25) is 9.59 Å². The van der Waals surface area contributed by atoms with E-state index in [2.05, 4.69) is 23.9 Å². The van der Waals surface area contributed by atoms with Gasteiger partial charge >= 0.3 is 11.9 Å². The molecule has 6 aromatic carbocycles. The number of aliphatic hydroxyl groups is 8. The average Bonchev–Trinajstić information content (AvgIpc) is 0.757. The summed E-state index contributed by atoms with van der Waals surface area (Å²) in [5.41, 5.74) is 21.7. The first-order chi connectivity index (χ1) is 60.6. The highest BCUT2D eigenvalue weighted by Crippen LogP contribution is 2.40. The van der Waals surface area contributed by atoms with E-state index in [1.165, 1.54) is 116 Å². The smallest absolute Gasteiger partial charge is 0.306 e. The molecule has 4 aliphatic rings. The lowest BCUT2D eigenvalue weighted by molar-refractivity contribution is -0.336. The molecule has 10 unspecified atom stereocenters. The van der Waals surface area contributed by atoms with E-state index < -0.39 is 153 Å². The molecule has 26 nitrogen and oxygen atoms in total. The molecule has 6 aromatic rings. The third-order valence-electron chi connectivity index (χ3n) is 23.6. The minimum atomic E-state index is -1.83. The van der Waals surface area contributed by atoms with Gasteiger partial charge in [0.2, 0.25) is 0 Å². The summed E-state index contributed by atoms with van der Waals surface area (Å²) >= 11 is 0. The van der Waals surface area contributed by atoms with E-state index in [1.807, 2.05) is 182 Å². The lowest BCUT2D eigenvalue weighted by Gasteiger charge is -2.50. The highest BCUT2D eigenvalue weighted by molar-refractivity contribution is 5.70. The largest absolute Gasteiger partial charge is 0.457 e. The zero-order valence-electron chi connectivity index (χ0n) is 72.7. The second kappa shape index (κ2) is 57.6. The Hall–Kier alpha value is -7.19. The highest BCUT2D eigenvalue weighted by Gasteiger charge is 2.59. The number of ether oxygens (including phenoxy) is 12. The lowest BCUT2D eigenvalue weighted by atomic mass is 9.83. The predicted octanol–water partition coefficient (Wildman–Crippen LogP) is 14.7. The molecular weight excluding hydrogens is 1590 g/mol. The van der Waals surface area contributed by atoms with Gasteiger partial charge in [-0.05, 0) is 51.8 Å². The molecule has 684 valence electrons. The molecule has 4 fully saturated rings. The first-order valence-electron chi connectivity index (χ1n) is 45.7. The van der Waals surface area contributed by atoms with Gasteiger partial charge in [-0.15, -0.1) is 0 Å². The number of benzene rings is 6. The zero-order valence-corrected chi connectivity index (χ0v) is 72.7. The number of carbonyl (C=O) groups is 2. The molecular formula is C98H140N4O22. The number of nitrogens with two attached hydrogens (primary N) is 1. The van der Waals surface area contributed by atoms with Crippen LogP contribution in [0.4, 0.5) is 0 Å². The quantitative estimate of drug-likeness (QED) is 0.00563. The molecule has 26 heteroatoms. The summed E-state index contributed by atoms with van der Waals surface area (Å²) in [7, 11) is 0. The number of azide groups is 1. The van der Waals surface area contributed by atoms with Gasteiger partial charge in [0.25, 0.3) is 0 Å². The Kier molecular flexibility index (Phi) is 46.7. The summed E-state index contributed by atoms with van der Waals surface area (Å²) in [6, 6.07) is 55.9. The number of aliphatic hydroxyl groups excluding tert-OH is 8. The van der Waals surface area contributed by atoms with E-state index in [4.69, 9.17) is 62.6 Å². The van der Waals surface area contributed by atoms with Crippen molar-refractivity contribution in [1.82, 2.24) is 0 Å². The van der Waals surface area contributed by atoms with Gasteiger partial charge in [0.15, 0.2) is 24.8 Å². The Bertz CT molecular complexity index is 3830. The average molecular weight is 1730 g/mol. The number of esters is 2. The fraction of sp³-hybridized carbons (Fsp3) is 0.612. The van der Waals surface area contributed by atoms with Crippen molar-refractivity contribution in [3.05, 3.63) is 226 Å². The normalized spacial score (nSPS) is 27.4. The van der Waals surface area contributed by atoms with Crippen LogP contribution in [0.1, 0.15) is 227 Å². The molecule has 2 heterocycles. The van der Waals surface area contributed by atoms with Crippen molar-refractivity contribution in [1.29, 1.82) is 0 Å². The summed E-state index contributed by atoms with van der Waals surface area (Å²) in [5.74, 6) is -1.15. The molecule has 2 saturated heterocycles. The summed E-state index contributed by atoms with van der Waals surface area (Å²) < 4.78 is 77.9. The molecule has 0 spiro atoms. The van der Waals surface area contributed by atoms with Crippen molar-refractivity contribution in [2.75, 3.05) is 13.2 Å². The molecule has 0 aromatic heterocycles. The topological polar surface area (TPSA) is 382 Å². The van der Waals surface area contributed by atoms with E-state index in [1.54, 1.807) is 0 Å². The van der Waals surface area contributed by atoms with Crippen LogP contribution < -0.4 is 5.73 Å². The zero-order chi connectivity index (χ0) is 87.9. The molecule has 124 heavy (non-hydrogen) atoms. The van der Waals surface area contributed by atoms with Gasteiger partial charge in [0, 0.05) is 17.8 Å². The molecule has 22 atom stereocenters. The van der Waals surface area contributed by atoms with Crippen LogP contribution in [0.15, 0.2) is 187 Å². The van der Waals surface area contributed by atoms with Gasteiger partial charge in [0.1, 0.15) is 104 Å². The van der Waals surface area contributed by atoms with Crippen LogP contribution in [0, 0.1) is 0 Å². The Morgan fingerprint density at radius 1 is 0.347 bits per heavy atom. The number of hydrogen-bond acceptors (Lipinski definition) is 24. The lowest BCUT2D eigenvalue weighted by Crippen LogP contribution is -2.69. The van der Waals surface area contributed by atoms with Crippen molar-refractivity contribution in [2.24, 2.45) is 10.8 Å². The predicted molar refractivity (Wildman–Crippen MR) is 469 cm³/mol. The van der Waals surface area contributed by atoms with Crippen LogP contribution in [0.5, 0.6) is 0 Å². The van der Waals surface area contributed by atoms with Crippen LogP contribution in [0.3, 0.4) is 0 Å². The molecule has 0 radical (unpaired) electrons. The molecule has 0 bridgehead atoms. The second-order valence-electron chi connectivity index (χ2n) is 33.4. The minimum absolute atomic E-state index is 0.0151. The van der Waals surface area contributed by atoms with Crippen molar-refractivity contribution >= 4 is 11.9 Å². The molecule has 0 amide bonds. The fourth-order valence-electron chi connectivity index (χ4n) is 16.4. The van der Waals surface area contributed by atoms with Gasteiger partial charge in [-0.25, -0.2) is 0 Å². The number of hydrogen-bond donors (Lipinski definition) is 9. The van der Waals surface area contributed by atoms with Gasteiger partial charge < -0.3 is 103 Å². The summed E-state index contributed by atoms with van der Waals surface area (Å²) in [4.78, 5) is 30.1. The molecule has 2 aliphatic carbocycles. The summed E-state index contributed by atoms with van der Waals surface area (Å²) in [5, 5.41) is 89.0. The maximum atomic E-state index is 14.3. The van der Waals surface area contributed by atoms with Crippen LogP contribution in [0.25, 0.3) is 10.4 Å². The molecule has 2 saturated carbocycles. The molecule has 2 aliphatic heterocycles. The maximum absolute atomic E-state index is 14.3. The Morgan fingerprint density at radius 2 is 0.661 bits per heavy atom. The monoisotopic (exact) mass is 1720 g/mol. The SMILES string of the molecule is CCCCCCCCCCCCCCCC(=O)O[C@@H]1C(O)C(O)[C@H](O)[C@H](O[C@H]2OC(CO)[C@@H](O)[C@H](O)C2N)C1O.CCCCCCCCCCCCCCCC(=O)O[C@@H]1C(OCc2ccccc2)C(OCc2ccccc2)[C@H](OCc2ccccc2)[C@H](O[C@H]2OC(COCc3ccccc3)[C@@H](OCc3ccccc3)[C@H](OCc3ccccc3)C2N=[N+]=[N-])C1O. The number of unbranched alkanes of at least 4 members (excludes halogenated alkanes) is 24. The van der Waals surface area contributed by atoms with Crippen LogP contribution in [-0.4, -0.2) is 201 Å². The first kappa shape index (κ1) is 101. The number of carbonyl (C=O) groups excluding carboxylic acids is 2. The Balaban J connectivity index is 0.000000365. The van der Waals surface area contributed by atoms with E-state index in [9.17, 15) is 56.0 Å². The summed E-state index contributed by atoms with van der Waals surface area (Å²) in [6.45, 7) is 4.69. The molecule has 10 rings (SSSR count). The van der Waals surface area contributed by atoms with Gasteiger partial charge in [-0.1, -0.05) is 355 Å². The van der Waals surface area contributed by atoms with Gasteiger partial charge in [0.05, 0.1) is 58.9 Å². The third kappa shape index (κ3) is 33.5. The van der Waals surface area contributed by atoms with E-state index in [-0.39, 0.29) is 59.1 Å². The van der Waals surface area contributed by atoms with Crippen molar-refractivity contribution in [3.63, 3.8) is 0 Å². The Labute approximate surface area is 733 Å². The van der Waals surface area contributed by atoms with Gasteiger partial charge in [-0.2, -0.15) is 0 Å². The second-order valence-corrected chi connectivity index (χ2v) is 33.4. The van der Waals surface area contributed by atoms with Crippen LogP contribution in [-0.2, 0) is 106 Å². The van der Waals surface area contributed by atoms with E-state index in [0.29, 0.717) is 12.8 Å². The summed E-state index contributed by atoms with van der Waals surface area (Å²) in [6.07, 6.45) is 2.60. The third-order valence-corrected chi connectivity index (χ3v) is 23.6. The first-order valence-corrected chi connectivity index (χ1v) is 45.7. The van der Waals surface area contributed by atoms with Crippen molar-refractivity contribution in [2.45, 2.75) is 368 Å². The van der Waals surface area contributed by atoms with Crippen LogP contribution in [0.2, 0.25) is 0 Å². The molecule has 10 N–H and O–H groups in total. The van der Waals surface area contributed by atoms with E-state index >= 15 is 0 Å². The Morgan fingerprint density at radius 3 is 1.05 bits per heavy atom. The number of rotatable bonds is 55. The highest BCUT2D eigenvalue weighted by atomic mass is 16.7. The van der Waals surface area contributed by atoms with Crippen LogP contribution >= 0.6 is 0 Å². The van der Waals surface area contributed by atoms with Crippen molar-refractivity contribution < 1.29 is 107 Å². The number of nitrogens with zero attached hydrogens (tertiary/aromatic N) is 3.